The number of amides is 1. The number of ether oxygens (including phenoxy) is 1. The van der Waals surface area contributed by atoms with Gasteiger partial charge < -0.3 is 14.6 Å². The van der Waals surface area contributed by atoms with Crippen LogP contribution in [0.1, 0.15) is 34.9 Å². The zero-order valence-electron chi connectivity index (χ0n) is 15.1. The van der Waals surface area contributed by atoms with E-state index < -0.39 is 0 Å². The fourth-order valence-corrected chi connectivity index (χ4v) is 4.09. The minimum Gasteiger partial charge on any atom is -0.383 e. The lowest BCUT2D eigenvalue weighted by molar-refractivity contribution is -0.120. The Morgan fingerprint density at radius 1 is 1.48 bits per heavy atom. The zero-order valence-corrected chi connectivity index (χ0v) is 15.9. The molecular formula is C18H26N4O2S. The smallest absolute Gasteiger partial charge is 0.226 e. The Morgan fingerprint density at radius 2 is 2.32 bits per heavy atom. The van der Waals surface area contributed by atoms with E-state index in [9.17, 15) is 4.79 Å². The molecule has 0 spiro atoms. The van der Waals surface area contributed by atoms with Gasteiger partial charge in [-0.05, 0) is 30.9 Å². The number of carbonyl (C=O) groups is 1. The van der Waals surface area contributed by atoms with Gasteiger partial charge >= 0.3 is 0 Å². The number of hydrogen-bond acceptors (Lipinski definition) is 5. The maximum atomic E-state index is 12.0. The molecule has 0 aromatic carbocycles. The highest BCUT2D eigenvalue weighted by Gasteiger charge is 2.27. The molecule has 1 aliphatic rings. The Kier molecular flexibility index (Phi) is 5.88. The van der Waals surface area contributed by atoms with Crippen LogP contribution in [0.15, 0.2) is 17.6 Å². The second-order valence-corrected chi connectivity index (χ2v) is 7.48. The van der Waals surface area contributed by atoms with E-state index in [-0.39, 0.29) is 11.9 Å². The monoisotopic (exact) mass is 362 g/mol. The largest absolute Gasteiger partial charge is 0.383 e. The number of carbonyl (C=O) groups excluding carboxylic acids is 1. The van der Waals surface area contributed by atoms with Gasteiger partial charge in [0.1, 0.15) is 5.82 Å². The first kappa shape index (κ1) is 18.1. The van der Waals surface area contributed by atoms with Crippen LogP contribution in [0, 0.1) is 6.92 Å². The maximum absolute atomic E-state index is 12.0. The predicted octanol–water partition coefficient (Wildman–Crippen LogP) is 2.13. The second-order valence-electron chi connectivity index (χ2n) is 6.48. The molecule has 0 radical (unpaired) electrons. The van der Waals surface area contributed by atoms with Crippen LogP contribution in [0.2, 0.25) is 0 Å². The Labute approximate surface area is 152 Å². The van der Waals surface area contributed by atoms with Crippen molar-refractivity contribution in [2.45, 2.75) is 39.4 Å². The van der Waals surface area contributed by atoms with Gasteiger partial charge in [0, 0.05) is 44.4 Å². The van der Waals surface area contributed by atoms with Gasteiger partial charge in [-0.3, -0.25) is 9.69 Å². The van der Waals surface area contributed by atoms with Crippen molar-refractivity contribution in [3.05, 3.63) is 39.6 Å². The lowest BCUT2D eigenvalue weighted by Gasteiger charge is -2.33. The third-order valence-electron chi connectivity index (χ3n) is 4.69. The summed E-state index contributed by atoms with van der Waals surface area (Å²) in [5, 5.41) is 5.00. The number of nitrogens with zero attached hydrogens (tertiary/aromatic N) is 3. The van der Waals surface area contributed by atoms with Crippen LogP contribution < -0.4 is 5.32 Å². The third-order valence-corrected chi connectivity index (χ3v) is 5.70. The number of aromatic nitrogens is 2. The summed E-state index contributed by atoms with van der Waals surface area (Å²) in [7, 11) is 1.63. The van der Waals surface area contributed by atoms with E-state index >= 15 is 0 Å². The molecule has 1 aliphatic heterocycles. The average molecular weight is 362 g/mol. The van der Waals surface area contributed by atoms with Crippen molar-refractivity contribution in [1.82, 2.24) is 19.8 Å². The molecule has 1 amide bonds. The van der Waals surface area contributed by atoms with Crippen molar-refractivity contribution in [1.29, 1.82) is 0 Å². The minimum atomic E-state index is -0.00813. The van der Waals surface area contributed by atoms with Crippen molar-refractivity contribution in [2.75, 3.05) is 26.8 Å². The van der Waals surface area contributed by atoms with E-state index in [1.807, 2.05) is 17.5 Å². The molecule has 0 saturated heterocycles. The standard InChI is InChI=1S/C18H26N4O2S/c1-13-4-9-25-16(13)12-21-6-7-22-11-15(20-18(22)14(21)2)10-17(23)19-5-8-24-3/h4,9,11,14H,5-8,10,12H2,1-3H3,(H,19,23)/t14-/m0/s1. The number of nitrogens with one attached hydrogen (secondary N) is 1. The first-order chi connectivity index (χ1) is 12.1. The SMILES string of the molecule is COCCNC(=O)Cc1cn2c(n1)[C@H](C)N(Cc1sccc1C)CC2. The van der Waals surface area contributed by atoms with E-state index in [1.165, 1.54) is 10.4 Å². The van der Waals surface area contributed by atoms with Crippen molar-refractivity contribution >= 4 is 17.2 Å². The van der Waals surface area contributed by atoms with Crippen LogP contribution in [0.25, 0.3) is 0 Å². The van der Waals surface area contributed by atoms with E-state index in [1.54, 1.807) is 7.11 Å². The van der Waals surface area contributed by atoms with Gasteiger partial charge in [-0.2, -0.15) is 0 Å². The first-order valence-electron chi connectivity index (χ1n) is 8.67. The molecule has 3 rings (SSSR count). The van der Waals surface area contributed by atoms with Gasteiger partial charge in [-0.1, -0.05) is 0 Å². The Bertz CT molecular complexity index is 724. The van der Waals surface area contributed by atoms with Crippen molar-refractivity contribution in [3.63, 3.8) is 0 Å². The first-order valence-corrected chi connectivity index (χ1v) is 9.55. The molecule has 25 heavy (non-hydrogen) atoms. The van der Waals surface area contributed by atoms with Gasteiger partial charge in [-0.15, -0.1) is 11.3 Å². The van der Waals surface area contributed by atoms with Crippen LogP contribution in [0.5, 0.6) is 0 Å². The van der Waals surface area contributed by atoms with Crippen LogP contribution in [-0.2, 0) is 29.0 Å². The van der Waals surface area contributed by atoms with Gasteiger partial charge in [-0.25, -0.2) is 4.98 Å². The van der Waals surface area contributed by atoms with Crippen molar-refractivity contribution in [3.8, 4) is 0 Å². The van der Waals surface area contributed by atoms with Gasteiger partial charge in [0.25, 0.3) is 0 Å². The predicted molar refractivity (Wildman–Crippen MR) is 98.7 cm³/mol. The highest BCUT2D eigenvalue weighted by molar-refractivity contribution is 7.10. The van der Waals surface area contributed by atoms with E-state index in [4.69, 9.17) is 9.72 Å². The number of rotatable bonds is 7. The number of imidazole rings is 1. The summed E-state index contributed by atoms with van der Waals surface area (Å²) < 4.78 is 7.14. The fraction of sp³-hybridized carbons (Fsp3) is 0.556. The molecule has 1 atom stereocenters. The number of thiophene rings is 1. The molecule has 0 unspecified atom stereocenters. The summed E-state index contributed by atoms with van der Waals surface area (Å²) in [4.78, 5) is 20.6. The molecule has 0 aliphatic carbocycles. The Balaban J connectivity index is 1.63. The van der Waals surface area contributed by atoms with Gasteiger partial charge in [0.05, 0.1) is 24.8 Å². The molecule has 0 saturated carbocycles. The number of hydrogen-bond donors (Lipinski definition) is 1. The normalized spacial score (nSPS) is 17.5. The minimum absolute atomic E-state index is 0.00813. The molecule has 3 heterocycles. The number of fused-ring (bicyclic) bond motifs is 1. The maximum Gasteiger partial charge on any atom is 0.226 e. The molecule has 1 N–H and O–H groups in total. The average Bonchev–Trinajstić information content (AvgIpc) is 3.17. The highest BCUT2D eigenvalue weighted by atomic mass is 32.1. The zero-order chi connectivity index (χ0) is 17.8. The van der Waals surface area contributed by atoms with Crippen LogP contribution in [0.4, 0.5) is 0 Å². The summed E-state index contributed by atoms with van der Waals surface area (Å²) in [6, 6.07) is 2.43. The van der Waals surface area contributed by atoms with E-state index in [2.05, 4.69) is 40.1 Å². The van der Waals surface area contributed by atoms with Crippen molar-refractivity contribution in [2.24, 2.45) is 0 Å². The molecule has 6 nitrogen and oxygen atoms in total. The Hall–Kier alpha value is -1.70. The summed E-state index contributed by atoms with van der Waals surface area (Å²) in [5.74, 6) is 1.05. The summed E-state index contributed by atoms with van der Waals surface area (Å²) in [5.41, 5.74) is 2.20. The third kappa shape index (κ3) is 4.29. The highest BCUT2D eigenvalue weighted by Crippen LogP contribution is 2.28. The molecule has 2 aromatic rings. The second kappa shape index (κ2) is 8.12. The van der Waals surface area contributed by atoms with Crippen LogP contribution >= 0.6 is 11.3 Å². The fourth-order valence-electron chi connectivity index (χ4n) is 3.16. The van der Waals surface area contributed by atoms with E-state index in [0.717, 1.165) is 31.2 Å². The molecule has 0 bridgehead atoms. The quantitative estimate of drug-likeness (QED) is 0.767. The molecule has 7 heteroatoms. The summed E-state index contributed by atoms with van der Waals surface area (Å²) >= 11 is 1.82. The topological polar surface area (TPSA) is 59.4 Å². The Morgan fingerprint density at radius 3 is 3.04 bits per heavy atom. The lowest BCUT2D eigenvalue weighted by Crippen LogP contribution is -2.36. The number of aryl methyl sites for hydroxylation is 1. The summed E-state index contributed by atoms with van der Waals surface area (Å²) in [6.07, 6.45) is 2.34. The van der Waals surface area contributed by atoms with E-state index in [0.29, 0.717) is 19.6 Å². The molecule has 136 valence electrons. The van der Waals surface area contributed by atoms with Crippen molar-refractivity contribution < 1.29 is 9.53 Å². The number of methoxy groups -OCH3 is 1. The van der Waals surface area contributed by atoms with Crippen LogP contribution in [0.3, 0.4) is 0 Å². The molecular weight excluding hydrogens is 336 g/mol. The summed E-state index contributed by atoms with van der Waals surface area (Å²) in [6.45, 7) is 8.31. The van der Waals surface area contributed by atoms with Crippen LogP contribution in [-0.4, -0.2) is 47.2 Å². The van der Waals surface area contributed by atoms with Gasteiger partial charge in [0.2, 0.25) is 5.91 Å². The molecule has 2 aromatic heterocycles. The molecule has 0 fully saturated rings. The van der Waals surface area contributed by atoms with Gasteiger partial charge in [0.15, 0.2) is 0 Å². The lowest BCUT2D eigenvalue weighted by atomic mass is 10.2.